The van der Waals surface area contributed by atoms with Crippen LogP contribution in [0.25, 0.3) is 0 Å². The van der Waals surface area contributed by atoms with E-state index >= 15 is 0 Å². The lowest BCUT2D eigenvalue weighted by molar-refractivity contribution is -0.386. The number of rotatable bonds is 5. The molecule has 23 heavy (non-hydrogen) atoms. The summed E-state index contributed by atoms with van der Waals surface area (Å²) in [4.78, 5) is 22.1. The molecular weight excluding hydrogens is 306 g/mol. The first-order chi connectivity index (χ1) is 10.6. The van der Waals surface area contributed by atoms with Gasteiger partial charge in [-0.3, -0.25) is 10.1 Å². The molecule has 1 amide bonds. The van der Waals surface area contributed by atoms with Crippen LogP contribution in [0.2, 0.25) is 0 Å². The Morgan fingerprint density at radius 3 is 2.52 bits per heavy atom. The number of nitrogens with two attached hydrogens (primary N) is 1. The molecule has 0 aromatic heterocycles. The highest BCUT2D eigenvalue weighted by atomic mass is 16.6. The molecule has 0 bridgehead atoms. The zero-order valence-corrected chi connectivity index (χ0v) is 13.5. The molecule has 1 atom stereocenters. The van der Waals surface area contributed by atoms with Crippen LogP contribution in [0.1, 0.15) is 32.4 Å². The Morgan fingerprint density at radius 1 is 1.48 bits per heavy atom. The van der Waals surface area contributed by atoms with Gasteiger partial charge in [-0.1, -0.05) is 0 Å². The number of alkyl carbamates (subject to hydrolysis) is 1. The Balaban J connectivity index is 3.13. The summed E-state index contributed by atoms with van der Waals surface area (Å²) in [7, 11) is 1.27. The van der Waals surface area contributed by atoms with Crippen LogP contribution in [0, 0.1) is 10.1 Å². The molecule has 0 saturated heterocycles. The number of nitrogens with one attached hydrogen (secondary N) is 1. The molecule has 1 aromatic rings. The molecule has 1 aromatic carbocycles. The monoisotopic (exact) mass is 327 g/mol. The topological polar surface area (TPSA) is 137 Å². The second-order valence-electron chi connectivity index (χ2n) is 5.78. The van der Waals surface area contributed by atoms with Crippen molar-refractivity contribution >= 4 is 11.8 Å². The Bertz CT molecular complexity index is 597. The van der Waals surface area contributed by atoms with E-state index in [1.807, 2.05) is 0 Å². The quantitative estimate of drug-likeness (QED) is 0.554. The highest BCUT2D eigenvalue weighted by molar-refractivity contribution is 5.69. The van der Waals surface area contributed by atoms with Gasteiger partial charge in [-0.25, -0.2) is 4.79 Å². The van der Waals surface area contributed by atoms with Crippen molar-refractivity contribution in [2.75, 3.05) is 13.7 Å². The molecule has 0 fully saturated rings. The van der Waals surface area contributed by atoms with E-state index in [1.54, 1.807) is 20.8 Å². The molecule has 0 aliphatic rings. The lowest BCUT2D eigenvalue weighted by Gasteiger charge is -2.23. The van der Waals surface area contributed by atoms with Gasteiger partial charge in [-0.2, -0.15) is 0 Å². The third-order valence-corrected chi connectivity index (χ3v) is 2.82. The number of ether oxygens (including phenoxy) is 2. The van der Waals surface area contributed by atoms with Gasteiger partial charge in [-0.15, -0.1) is 0 Å². The lowest BCUT2D eigenvalue weighted by atomic mass is 10.1. The molecule has 4 N–H and O–H groups in total. The SMILES string of the molecule is COc1cc(C(CN)NC(=O)OC(C)(C)C)cc([N+](=O)[O-])c1O. The van der Waals surface area contributed by atoms with Gasteiger partial charge < -0.3 is 25.6 Å². The van der Waals surface area contributed by atoms with E-state index < -0.39 is 34.1 Å². The number of phenolic OH excluding ortho intramolecular Hbond substituents is 1. The van der Waals surface area contributed by atoms with E-state index in [2.05, 4.69) is 5.32 Å². The van der Waals surface area contributed by atoms with Crippen LogP contribution in [0.15, 0.2) is 12.1 Å². The first-order valence-corrected chi connectivity index (χ1v) is 6.84. The van der Waals surface area contributed by atoms with Crippen molar-refractivity contribution in [1.29, 1.82) is 0 Å². The third kappa shape index (κ3) is 4.99. The van der Waals surface area contributed by atoms with E-state index in [-0.39, 0.29) is 12.3 Å². The van der Waals surface area contributed by atoms with Crippen molar-refractivity contribution in [3.05, 3.63) is 27.8 Å². The number of carbonyl (C=O) groups is 1. The molecular formula is C14H21N3O6. The van der Waals surface area contributed by atoms with Crippen molar-refractivity contribution in [2.45, 2.75) is 32.4 Å². The summed E-state index contributed by atoms with van der Waals surface area (Å²) in [5, 5.41) is 23.3. The molecule has 9 nitrogen and oxygen atoms in total. The van der Waals surface area contributed by atoms with Crippen LogP contribution in [0.3, 0.4) is 0 Å². The number of nitro groups is 1. The van der Waals surface area contributed by atoms with Gasteiger partial charge in [0.25, 0.3) is 0 Å². The molecule has 1 rings (SSSR count). The Kier molecular flexibility index (Phi) is 5.74. The maximum Gasteiger partial charge on any atom is 0.408 e. The van der Waals surface area contributed by atoms with Crippen LogP contribution >= 0.6 is 0 Å². The molecule has 0 spiro atoms. The number of aromatic hydroxyl groups is 1. The zero-order valence-electron chi connectivity index (χ0n) is 13.5. The van der Waals surface area contributed by atoms with Crippen molar-refractivity contribution in [2.24, 2.45) is 5.73 Å². The average Bonchev–Trinajstić information content (AvgIpc) is 2.43. The lowest BCUT2D eigenvalue weighted by Crippen LogP contribution is -2.37. The van der Waals surface area contributed by atoms with Crippen molar-refractivity contribution in [3.8, 4) is 11.5 Å². The van der Waals surface area contributed by atoms with E-state index in [0.717, 1.165) is 6.07 Å². The second kappa shape index (κ2) is 7.14. The predicted molar refractivity (Wildman–Crippen MR) is 82.5 cm³/mol. The summed E-state index contributed by atoms with van der Waals surface area (Å²) in [5.41, 5.74) is 4.72. The van der Waals surface area contributed by atoms with Gasteiger partial charge in [0.15, 0.2) is 5.75 Å². The molecule has 0 saturated carbocycles. The average molecular weight is 327 g/mol. The number of nitro benzene ring substituents is 1. The molecule has 0 aliphatic heterocycles. The van der Waals surface area contributed by atoms with Crippen LogP contribution in [-0.4, -0.2) is 35.4 Å². The third-order valence-electron chi connectivity index (χ3n) is 2.82. The number of hydrogen-bond donors (Lipinski definition) is 3. The van der Waals surface area contributed by atoms with E-state index in [4.69, 9.17) is 15.2 Å². The van der Waals surface area contributed by atoms with E-state index in [9.17, 15) is 20.0 Å². The van der Waals surface area contributed by atoms with Crippen molar-refractivity contribution < 1.29 is 24.3 Å². The van der Waals surface area contributed by atoms with E-state index in [0.29, 0.717) is 5.56 Å². The highest BCUT2D eigenvalue weighted by Crippen LogP contribution is 2.38. The molecule has 0 heterocycles. The zero-order chi connectivity index (χ0) is 17.8. The molecule has 9 heteroatoms. The molecule has 0 aliphatic carbocycles. The first-order valence-electron chi connectivity index (χ1n) is 6.84. The highest BCUT2D eigenvalue weighted by Gasteiger charge is 2.25. The smallest absolute Gasteiger partial charge is 0.408 e. The van der Waals surface area contributed by atoms with Crippen LogP contribution in [-0.2, 0) is 4.74 Å². The van der Waals surface area contributed by atoms with Gasteiger partial charge in [-0.05, 0) is 32.4 Å². The fraction of sp³-hybridized carbons (Fsp3) is 0.500. The van der Waals surface area contributed by atoms with Crippen LogP contribution in [0.4, 0.5) is 10.5 Å². The summed E-state index contributed by atoms with van der Waals surface area (Å²) in [6.45, 7) is 5.10. The minimum Gasteiger partial charge on any atom is -0.500 e. The van der Waals surface area contributed by atoms with Gasteiger partial charge in [0.1, 0.15) is 5.60 Å². The first kappa shape index (κ1) is 18.5. The minimum absolute atomic E-state index is 0.0235. The number of hydrogen-bond acceptors (Lipinski definition) is 7. The summed E-state index contributed by atoms with van der Waals surface area (Å²) in [5.74, 6) is -0.673. The number of benzene rings is 1. The van der Waals surface area contributed by atoms with Gasteiger partial charge in [0, 0.05) is 12.6 Å². The summed E-state index contributed by atoms with van der Waals surface area (Å²) >= 11 is 0. The number of amides is 1. The van der Waals surface area contributed by atoms with Gasteiger partial charge >= 0.3 is 11.8 Å². The maximum atomic E-state index is 11.8. The summed E-state index contributed by atoms with van der Waals surface area (Å²) < 4.78 is 10.0. The fourth-order valence-corrected chi connectivity index (χ4v) is 1.84. The van der Waals surface area contributed by atoms with Crippen molar-refractivity contribution in [3.63, 3.8) is 0 Å². The fourth-order valence-electron chi connectivity index (χ4n) is 1.84. The van der Waals surface area contributed by atoms with Crippen molar-refractivity contribution in [1.82, 2.24) is 5.32 Å². The number of phenols is 1. The normalized spacial score (nSPS) is 12.4. The molecule has 0 radical (unpaired) electrons. The Morgan fingerprint density at radius 2 is 2.09 bits per heavy atom. The predicted octanol–water partition coefficient (Wildman–Crippen LogP) is 1.83. The number of nitrogens with zero attached hydrogens (tertiary/aromatic N) is 1. The van der Waals surface area contributed by atoms with Crippen LogP contribution in [0.5, 0.6) is 11.5 Å². The number of methoxy groups -OCH3 is 1. The largest absolute Gasteiger partial charge is 0.500 e. The molecule has 128 valence electrons. The van der Waals surface area contributed by atoms with E-state index in [1.165, 1.54) is 13.2 Å². The molecule has 1 unspecified atom stereocenters. The maximum absolute atomic E-state index is 11.8. The minimum atomic E-state index is -0.748. The summed E-state index contributed by atoms with van der Waals surface area (Å²) in [6, 6.07) is 1.77. The number of carbonyl (C=O) groups excluding carboxylic acids is 1. The standard InChI is InChI=1S/C14H21N3O6/c1-14(2,3)23-13(19)16-9(7-15)8-5-10(17(20)21)12(18)11(6-8)22-4/h5-6,9,18H,7,15H2,1-4H3,(H,16,19). The summed E-state index contributed by atoms with van der Waals surface area (Å²) in [6.07, 6.45) is -0.706. The van der Waals surface area contributed by atoms with Gasteiger partial charge in [0.05, 0.1) is 18.1 Å². The van der Waals surface area contributed by atoms with Gasteiger partial charge in [0.2, 0.25) is 5.75 Å². The Hall–Kier alpha value is -2.55. The van der Waals surface area contributed by atoms with Crippen LogP contribution < -0.4 is 15.8 Å². The second-order valence-corrected chi connectivity index (χ2v) is 5.78. The Labute approximate surface area is 133 Å².